The first kappa shape index (κ1) is 11.5. The van der Waals surface area contributed by atoms with Crippen molar-refractivity contribution in [3.63, 3.8) is 0 Å². The van der Waals surface area contributed by atoms with Crippen LogP contribution in [-0.2, 0) is 0 Å². The van der Waals surface area contributed by atoms with Gasteiger partial charge in [-0.05, 0) is 31.2 Å². The van der Waals surface area contributed by atoms with E-state index in [-0.39, 0.29) is 5.91 Å². The van der Waals surface area contributed by atoms with Gasteiger partial charge in [0.1, 0.15) is 11.3 Å². The summed E-state index contributed by atoms with van der Waals surface area (Å²) in [5.41, 5.74) is 7.54. The molecule has 5 nitrogen and oxygen atoms in total. The largest absolute Gasteiger partial charge is 0.436 e. The number of hydrogen-bond donors (Lipinski definition) is 1. The molecular weight excluding hydrogens is 242 g/mol. The highest BCUT2D eigenvalue weighted by Crippen LogP contribution is 2.41. The van der Waals surface area contributed by atoms with Crippen LogP contribution in [0.25, 0.3) is 0 Å². The zero-order valence-electron chi connectivity index (χ0n) is 10.5. The second-order valence-electron chi connectivity index (χ2n) is 4.20. The van der Waals surface area contributed by atoms with Crippen LogP contribution >= 0.6 is 0 Å². The van der Waals surface area contributed by atoms with Crippen molar-refractivity contribution in [3.8, 4) is 11.6 Å². The minimum absolute atomic E-state index is 0.151. The van der Waals surface area contributed by atoms with Crippen LogP contribution in [0.3, 0.4) is 0 Å². The van der Waals surface area contributed by atoms with Crippen LogP contribution < -0.4 is 15.4 Å². The summed E-state index contributed by atoms with van der Waals surface area (Å²) in [6, 6.07) is 8.75. The molecule has 0 saturated heterocycles. The van der Waals surface area contributed by atoms with Gasteiger partial charge < -0.3 is 15.4 Å². The highest BCUT2D eigenvalue weighted by Gasteiger charge is 2.29. The van der Waals surface area contributed by atoms with Crippen molar-refractivity contribution >= 4 is 17.3 Å². The summed E-state index contributed by atoms with van der Waals surface area (Å²) in [4.78, 5) is 18.3. The SMILES string of the molecule is CCN1C(=O)c2cccnc2Oc2cccc(N)c21. The summed E-state index contributed by atoms with van der Waals surface area (Å²) in [6.07, 6.45) is 1.60. The minimum Gasteiger partial charge on any atom is -0.436 e. The number of nitrogens with zero attached hydrogens (tertiary/aromatic N) is 2. The molecule has 0 atom stereocenters. The van der Waals surface area contributed by atoms with Crippen LogP contribution in [0.1, 0.15) is 17.3 Å². The highest BCUT2D eigenvalue weighted by molar-refractivity contribution is 6.10. The average Bonchev–Trinajstić information content (AvgIpc) is 2.54. The summed E-state index contributed by atoms with van der Waals surface area (Å²) in [5, 5.41) is 0. The summed E-state index contributed by atoms with van der Waals surface area (Å²) >= 11 is 0. The first-order chi connectivity index (χ1) is 9.22. The Morgan fingerprint density at radius 2 is 2.16 bits per heavy atom. The van der Waals surface area contributed by atoms with Crippen LogP contribution in [0.5, 0.6) is 11.6 Å². The Kier molecular flexibility index (Phi) is 2.59. The molecule has 1 aromatic heterocycles. The molecule has 2 heterocycles. The van der Waals surface area contributed by atoms with Gasteiger partial charge in [0.2, 0.25) is 5.88 Å². The number of pyridine rings is 1. The maximum Gasteiger partial charge on any atom is 0.263 e. The normalized spacial score (nSPS) is 13.3. The number of rotatable bonds is 1. The highest BCUT2D eigenvalue weighted by atomic mass is 16.5. The predicted octanol–water partition coefficient (Wildman–Crippen LogP) is 2.44. The van der Waals surface area contributed by atoms with Crippen molar-refractivity contribution in [2.75, 3.05) is 17.2 Å². The summed E-state index contributed by atoms with van der Waals surface area (Å²) in [7, 11) is 0. The summed E-state index contributed by atoms with van der Waals surface area (Å²) in [6.45, 7) is 2.41. The molecule has 0 spiro atoms. The van der Waals surface area contributed by atoms with Gasteiger partial charge >= 0.3 is 0 Å². The lowest BCUT2D eigenvalue weighted by Gasteiger charge is -2.21. The predicted molar refractivity (Wildman–Crippen MR) is 72.5 cm³/mol. The van der Waals surface area contributed by atoms with E-state index in [1.807, 2.05) is 6.92 Å². The number of carbonyl (C=O) groups excluding carboxylic acids is 1. The van der Waals surface area contributed by atoms with Gasteiger partial charge in [0.25, 0.3) is 5.91 Å². The fourth-order valence-electron chi connectivity index (χ4n) is 2.20. The molecular formula is C14H13N3O2. The molecule has 19 heavy (non-hydrogen) atoms. The van der Waals surface area contributed by atoms with E-state index < -0.39 is 0 Å². The van der Waals surface area contributed by atoms with Gasteiger partial charge in [-0.2, -0.15) is 0 Å². The number of amides is 1. The Balaban J connectivity index is 2.27. The first-order valence-corrected chi connectivity index (χ1v) is 6.05. The molecule has 0 aliphatic carbocycles. The maximum atomic E-state index is 12.5. The van der Waals surface area contributed by atoms with Crippen molar-refractivity contribution in [1.82, 2.24) is 4.98 Å². The van der Waals surface area contributed by atoms with Gasteiger partial charge in [-0.15, -0.1) is 0 Å². The quantitative estimate of drug-likeness (QED) is 0.795. The van der Waals surface area contributed by atoms with E-state index in [1.165, 1.54) is 0 Å². The van der Waals surface area contributed by atoms with Crippen LogP contribution in [0, 0.1) is 0 Å². The number of anilines is 2. The van der Waals surface area contributed by atoms with Gasteiger partial charge in [-0.3, -0.25) is 4.79 Å². The third-order valence-corrected chi connectivity index (χ3v) is 3.07. The number of aromatic nitrogens is 1. The Bertz CT molecular complexity index is 655. The van der Waals surface area contributed by atoms with E-state index in [1.54, 1.807) is 41.4 Å². The number of fused-ring (bicyclic) bond motifs is 2. The lowest BCUT2D eigenvalue weighted by molar-refractivity contribution is 0.0988. The molecule has 1 amide bonds. The molecule has 0 fully saturated rings. The van der Waals surface area contributed by atoms with Crippen LogP contribution in [0.2, 0.25) is 0 Å². The van der Waals surface area contributed by atoms with Crippen molar-refractivity contribution in [3.05, 3.63) is 42.1 Å². The Hall–Kier alpha value is -2.56. The molecule has 1 aliphatic rings. The van der Waals surface area contributed by atoms with E-state index in [4.69, 9.17) is 10.5 Å². The van der Waals surface area contributed by atoms with E-state index in [0.29, 0.717) is 35.1 Å². The van der Waals surface area contributed by atoms with Gasteiger partial charge in [0.15, 0.2) is 5.75 Å². The third-order valence-electron chi connectivity index (χ3n) is 3.07. The Morgan fingerprint density at radius 3 is 2.95 bits per heavy atom. The molecule has 96 valence electrons. The summed E-state index contributed by atoms with van der Waals surface area (Å²) in [5.74, 6) is 0.713. The maximum absolute atomic E-state index is 12.5. The van der Waals surface area contributed by atoms with Gasteiger partial charge in [-0.25, -0.2) is 4.98 Å². The lowest BCUT2D eigenvalue weighted by atomic mass is 10.2. The fraction of sp³-hybridized carbons (Fsp3) is 0.143. The van der Waals surface area contributed by atoms with Crippen LogP contribution in [0.15, 0.2) is 36.5 Å². The molecule has 0 saturated carbocycles. The Labute approximate surface area is 110 Å². The zero-order chi connectivity index (χ0) is 13.4. The van der Waals surface area contributed by atoms with Crippen molar-refractivity contribution in [1.29, 1.82) is 0 Å². The van der Waals surface area contributed by atoms with E-state index in [0.717, 1.165) is 0 Å². The summed E-state index contributed by atoms with van der Waals surface area (Å²) < 4.78 is 5.73. The number of para-hydroxylation sites is 1. The molecule has 2 aromatic rings. The molecule has 1 aliphatic heterocycles. The number of carbonyl (C=O) groups is 1. The average molecular weight is 255 g/mol. The van der Waals surface area contributed by atoms with E-state index in [2.05, 4.69) is 4.98 Å². The first-order valence-electron chi connectivity index (χ1n) is 6.05. The standard InChI is InChI=1S/C14H13N3O2/c1-2-17-12-10(15)6-3-7-11(12)19-13-9(14(17)18)5-4-8-16-13/h3-8H,2,15H2,1H3. The van der Waals surface area contributed by atoms with Crippen molar-refractivity contribution in [2.45, 2.75) is 6.92 Å². The van der Waals surface area contributed by atoms with Crippen LogP contribution in [-0.4, -0.2) is 17.4 Å². The number of benzene rings is 1. The molecule has 0 bridgehead atoms. The van der Waals surface area contributed by atoms with Crippen molar-refractivity contribution in [2.24, 2.45) is 0 Å². The number of nitrogens with two attached hydrogens (primary N) is 1. The molecule has 0 unspecified atom stereocenters. The molecule has 5 heteroatoms. The molecule has 1 aromatic carbocycles. The van der Waals surface area contributed by atoms with Crippen molar-refractivity contribution < 1.29 is 9.53 Å². The lowest BCUT2D eigenvalue weighted by Crippen LogP contribution is -2.30. The van der Waals surface area contributed by atoms with E-state index >= 15 is 0 Å². The zero-order valence-corrected chi connectivity index (χ0v) is 10.5. The topological polar surface area (TPSA) is 68.5 Å². The smallest absolute Gasteiger partial charge is 0.263 e. The molecule has 0 radical (unpaired) electrons. The van der Waals surface area contributed by atoms with Gasteiger partial charge in [0.05, 0.1) is 5.69 Å². The number of ether oxygens (including phenoxy) is 1. The van der Waals surface area contributed by atoms with Gasteiger partial charge in [-0.1, -0.05) is 6.07 Å². The fourth-order valence-corrected chi connectivity index (χ4v) is 2.20. The van der Waals surface area contributed by atoms with E-state index in [9.17, 15) is 4.79 Å². The number of nitrogen functional groups attached to an aromatic ring is 1. The number of hydrogen-bond acceptors (Lipinski definition) is 4. The second-order valence-corrected chi connectivity index (χ2v) is 4.20. The van der Waals surface area contributed by atoms with Crippen LogP contribution in [0.4, 0.5) is 11.4 Å². The minimum atomic E-state index is -0.151. The van der Waals surface area contributed by atoms with Gasteiger partial charge in [0, 0.05) is 12.7 Å². The Morgan fingerprint density at radius 1 is 1.32 bits per heavy atom. The molecule has 2 N–H and O–H groups in total. The monoisotopic (exact) mass is 255 g/mol. The second kappa shape index (κ2) is 4.28. The molecule has 3 rings (SSSR count). The third kappa shape index (κ3) is 1.71.